The number of rotatable bonds is 2. The molecule has 0 aromatic carbocycles. The highest BCUT2D eigenvalue weighted by Crippen LogP contribution is 2.27. The highest BCUT2D eigenvalue weighted by Gasteiger charge is 2.30. The van der Waals surface area contributed by atoms with Gasteiger partial charge in [-0.2, -0.15) is 0 Å². The fourth-order valence-corrected chi connectivity index (χ4v) is 3.01. The van der Waals surface area contributed by atoms with Crippen molar-refractivity contribution >= 4 is 12.1 Å². The van der Waals surface area contributed by atoms with Crippen molar-refractivity contribution in [2.24, 2.45) is 11.8 Å². The average molecular weight is 269 g/mol. The van der Waals surface area contributed by atoms with E-state index < -0.39 is 5.97 Å². The fourth-order valence-electron chi connectivity index (χ4n) is 3.01. The Labute approximate surface area is 113 Å². The van der Waals surface area contributed by atoms with Crippen LogP contribution in [0.1, 0.15) is 45.4 Å². The second-order valence-corrected chi connectivity index (χ2v) is 5.88. The lowest BCUT2D eigenvalue weighted by Crippen LogP contribution is -2.42. The van der Waals surface area contributed by atoms with Gasteiger partial charge in [0.05, 0.1) is 5.92 Å². The molecular weight excluding hydrogens is 246 g/mol. The Morgan fingerprint density at radius 2 is 1.84 bits per heavy atom. The number of hydrogen-bond acceptors (Lipinski definition) is 3. The smallest absolute Gasteiger partial charge is 0.410 e. The van der Waals surface area contributed by atoms with Crippen LogP contribution in [0.3, 0.4) is 0 Å². The minimum Gasteiger partial charge on any atom is -0.481 e. The van der Waals surface area contributed by atoms with Gasteiger partial charge in [-0.25, -0.2) is 4.79 Å². The van der Waals surface area contributed by atoms with Gasteiger partial charge in [-0.05, 0) is 38.0 Å². The molecule has 5 nitrogen and oxygen atoms in total. The summed E-state index contributed by atoms with van der Waals surface area (Å²) < 4.78 is 5.54. The molecule has 1 heterocycles. The molecule has 1 aliphatic carbocycles. The lowest BCUT2D eigenvalue weighted by Gasteiger charge is -2.32. The summed E-state index contributed by atoms with van der Waals surface area (Å²) in [6.45, 7) is 3.19. The minimum absolute atomic E-state index is 0.0495. The van der Waals surface area contributed by atoms with Crippen molar-refractivity contribution in [2.45, 2.75) is 51.6 Å². The van der Waals surface area contributed by atoms with E-state index in [9.17, 15) is 9.59 Å². The van der Waals surface area contributed by atoms with Crippen LogP contribution in [0.4, 0.5) is 4.79 Å². The molecule has 108 valence electrons. The van der Waals surface area contributed by atoms with E-state index in [1.165, 1.54) is 6.42 Å². The molecule has 1 amide bonds. The van der Waals surface area contributed by atoms with Crippen molar-refractivity contribution in [3.63, 3.8) is 0 Å². The SMILES string of the molecule is C[C@H]1CCC[C@H](OC(=O)N2CCC(C(=O)O)CC2)C1. The van der Waals surface area contributed by atoms with Gasteiger partial charge in [0.1, 0.15) is 6.10 Å². The third kappa shape index (κ3) is 3.85. The molecule has 1 saturated carbocycles. The standard InChI is InChI=1S/C14H23NO4/c1-10-3-2-4-12(9-10)19-14(18)15-7-5-11(6-8-15)13(16)17/h10-12H,2-9H2,1H3,(H,16,17)/t10-,12-/m0/s1. The van der Waals surface area contributed by atoms with Crippen molar-refractivity contribution in [1.29, 1.82) is 0 Å². The highest BCUT2D eigenvalue weighted by molar-refractivity contribution is 5.71. The summed E-state index contributed by atoms with van der Waals surface area (Å²) in [6, 6.07) is 0. The Bertz CT molecular complexity index is 336. The Balaban J connectivity index is 1.76. The first-order valence-corrected chi connectivity index (χ1v) is 7.24. The lowest BCUT2D eigenvalue weighted by molar-refractivity contribution is -0.143. The molecule has 5 heteroatoms. The van der Waals surface area contributed by atoms with Crippen LogP contribution in [0.15, 0.2) is 0 Å². The Morgan fingerprint density at radius 1 is 1.16 bits per heavy atom. The normalized spacial score (nSPS) is 29.0. The molecule has 19 heavy (non-hydrogen) atoms. The summed E-state index contributed by atoms with van der Waals surface area (Å²) in [5.74, 6) is -0.433. The zero-order chi connectivity index (χ0) is 13.8. The summed E-state index contributed by atoms with van der Waals surface area (Å²) in [5.41, 5.74) is 0. The van der Waals surface area contributed by atoms with Crippen molar-refractivity contribution in [2.75, 3.05) is 13.1 Å². The van der Waals surface area contributed by atoms with Crippen LogP contribution in [0.2, 0.25) is 0 Å². The predicted molar refractivity (Wildman–Crippen MR) is 69.8 cm³/mol. The van der Waals surface area contributed by atoms with Gasteiger partial charge in [-0.3, -0.25) is 4.79 Å². The third-order valence-electron chi connectivity index (χ3n) is 4.26. The Kier molecular flexibility index (Phi) is 4.66. The molecule has 2 atom stereocenters. The molecule has 0 bridgehead atoms. The van der Waals surface area contributed by atoms with Gasteiger partial charge >= 0.3 is 12.1 Å². The Hall–Kier alpha value is -1.26. The molecule has 1 saturated heterocycles. The number of amides is 1. The summed E-state index contributed by atoms with van der Waals surface area (Å²) in [4.78, 5) is 24.5. The van der Waals surface area contributed by atoms with Gasteiger partial charge in [-0.15, -0.1) is 0 Å². The summed E-state index contributed by atoms with van der Waals surface area (Å²) in [5, 5.41) is 8.92. The summed E-state index contributed by atoms with van der Waals surface area (Å²) in [6.07, 6.45) is 5.12. The minimum atomic E-state index is -0.755. The molecule has 1 aliphatic heterocycles. The van der Waals surface area contributed by atoms with Crippen LogP contribution in [0.25, 0.3) is 0 Å². The van der Waals surface area contributed by atoms with E-state index >= 15 is 0 Å². The number of ether oxygens (including phenoxy) is 1. The largest absolute Gasteiger partial charge is 0.481 e. The van der Waals surface area contributed by atoms with E-state index in [2.05, 4.69) is 6.92 Å². The van der Waals surface area contributed by atoms with Crippen LogP contribution in [-0.2, 0) is 9.53 Å². The maximum Gasteiger partial charge on any atom is 0.410 e. The van der Waals surface area contributed by atoms with E-state index in [1.807, 2.05) is 0 Å². The molecule has 0 spiro atoms. The first-order valence-electron chi connectivity index (χ1n) is 7.24. The zero-order valence-electron chi connectivity index (χ0n) is 11.5. The molecule has 2 fully saturated rings. The quantitative estimate of drug-likeness (QED) is 0.836. The van der Waals surface area contributed by atoms with Crippen molar-refractivity contribution in [1.82, 2.24) is 4.90 Å². The first-order chi connectivity index (χ1) is 9.06. The number of piperidine rings is 1. The monoisotopic (exact) mass is 269 g/mol. The number of hydrogen-bond donors (Lipinski definition) is 1. The van der Waals surface area contributed by atoms with Crippen LogP contribution >= 0.6 is 0 Å². The van der Waals surface area contributed by atoms with Crippen LogP contribution in [-0.4, -0.2) is 41.3 Å². The van der Waals surface area contributed by atoms with Gasteiger partial charge in [0, 0.05) is 13.1 Å². The van der Waals surface area contributed by atoms with E-state index in [0.717, 1.165) is 19.3 Å². The van der Waals surface area contributed by atoms with Gasteiger partial charge in [-0.1, -0.05) is 13.3 Å². The zero-order valence-corrected chi connectivity index (χ0v) is 11.5. The van der Waals surface area contributed by atoms with Gasteiger partial charge < -0.3 is 14.7 Å². The second kappa shape index (κ2) is 6.26. The second-order valence-electron chi connectivity index (χ2n) is 5.88. The number of nitrogens with zero attached hydrogens (tertiary/aromatic N) is 1. The maximum absolute atomic E-state index is 12.0. The number of carbonyl (C=O) groups is 2. The lowest BCUT2D eigenvalue weighted by atomic mass is 9.89. The van der Waals surface area contributed by atoms with E-state index in [1.54, 1.807) is 4.90 Å². The molecular formula is C14H23NO4. The molecule has 0 aromatic rings. The van der Waals surface area contributed by atoms with Gasteiger partial charge in [0.25, 0.3) is 0 Å². The van der Waals surface area contributed by atoms with E-state index in [0.29, 0.717) is 31.8 Å². The fraction of sp³-hybridized carbons (Fsp3) is 0.857. The van der Waals surface area contributed by atoms with Gasteiger partial charge in [0.15, 0.2) is 0 Å². The van der Waals surface area contributed by atoms with E-state index in [4.69, 9.17) is 9.84 Å². The molecule has 2 rings (SSSR count). The molecule has 1 N–H and O–H groups in total. The maximum atomic E-state index is 12.0. The number of aliphatic carboxylic acids is 1. The summed E-state index contributed by atoms with van der Waals surface area (Å²) in [7, 11) is 0. The van der Waals surface area contributed by atoms with Gasteiger partial charge in [0.2, 0.25) is 0 Å². The predicted octanol–water partition coefficient (Wildman–Crippen LogP) is 2.50. The highest BCUT2D eigenvalue weighted by atomic mass is 16.6. The van der Waals surface area contributed by atoms with Crippen molar-refractivity contribution < 1.29 is 19.4 Å². The van der Waals surface area contributed by atoms with Crippen molar-refractivity contribution in [3.05, 3.63) is 0 Å². The number of likely N-dealkylation sites (tertiary alicyclic amines) is 1. The average Bonchev–Trinajstić information content (AvgIpc) is 2.39. The summed E-state index contributed by atoms with van der Waals surface area (Å²) >= 11 is 0. The molecule has 0 unspecified atom stereocenters. The van der Waals surface area contributed by atoms with E-state index in [-0.39, 0.29) is 18.1 Å². The van der Waals surface area contributed by atoms with Crippen LogP contribution in [0.5, 0.6) is 0 Å². The third-order valence-corrected chi connectivity index (χ3v) is 4.26. The van der Waals surface area contributed by atoms with Crippen LogP contribution < -0.4 is 0 Å². The number of carbonyl (C=O) groups excluding carboxylic acids is 1. The number of carboxylic acids is 1. The van der Waals surface area contributed by atoms with Crippen molar-refractivity contribution in [3.8, 4) is 0 Å². The Morgan fingerprint density at radius 3 is 2.42 bits per heavy atom. The first kappa shape index (κ1) is 14.2. The number of carboxylic acid groups (broad SMARTS) is 1. The molecule has 0 radical (unpaired) electrons. The molecule has 0 aromatic heterocycles. The van der Waals surface area contributed by atoms with Crippen LogP contribution in [0, 0.1) is 11.8 Å². The molecule has 2 aliphatic rings. The topological polar surface area (TPSA) is 66.8 Å².